The molecule has 0 aliphatic heterocycles. The molecular formula is C23H16N4O. The van der Waals surface area contributed by atoms with Gasteiger partial charge < -0.3 is 5.32 Å². The molecule has 4 aromatic rings. The quantitative estimate of drug-likeness (QED) is 0.550. The standard InChI is InChI=1S/C23H16N4O/c1-2-4-16-6-8-17(9-7-16)20-12-10-19(15-25-20)23(28)27-21-13-11-18-5-3-14-24-22(18)26-21/h3,5-15H,1H3,(H,24,26,27,28). The van der Waals surface area contributed by atoms with Crippen molar-refractivity contribution in [2.24, 2.45) is 0 Å². The minimum Gasteiger partial charge on any atom is -0.306 e. The van der Waals surface area contributed by atoms with E-state index < -0.39 is 0 Å². The van der Waals surface area contributed by atoms with Crippen LogP contribution in [0.4, 0.5) is 5.82 Å². The summed E-state index contributed by atoms with van der Waals surface area (Å²) in [6, 6.07) is 18.8. The predicted octanol–water partition coefficient (Wildman–Crippen LogP) is 4.32. The van der Waals surface area contributed by atoms with E-state index >= 15 is 0 Å². The van der Waals surface area contributed by atoms with Crippen molar-refractivity contribution in [2.75, 3.05) is 5.32 Å². The van der Waals surface area contributed by atoms with Crippen LogP contribution >= 0.6 is 0 Å². The summed E-state index contributed by atoms with van der Waals surface area (Å²) in [5, 5.41) is 3.70. The van der Waals surface area contributed by atoms with Gasteiger partial charge in [-0.1, -0.05) is 18.1 Å². The molecule has 134 valence electrons. The number of anilines is 1. The van der Waals surface area contributed by atoms with Crippen molar-refractivity contribution >= 4 is 22.8 Å². The molecule has 0 saturated heterocycles. The average Bonchev–Trinajstić information content (AvgIpc) is 2.74. The molecule has 4 rings (SSSR count). The van der Waals surface area contributed by atoms with Crippen LogP contribution < -0.4 is 5.32 Å². The molecule has 0 saturated carbocycles. The number of aromatic nitrogens is 3. The number of hydrogen-bond donors (Lipinski definition) is 1. The predicted molar refractivity (Wildman–Crippen MR) is 110 cm³/mol. The van der Waals surface area contributed by atoms with Crippen LogP contribution in [0.15, 0.2) is 73.1 Å². The Hall–Kier alpha value is -4.04. The molecule has 5 heteroatoms. The first-order valence-electron chi connectivity index (χ1n) is 8.75. The molecule has 0 bridgehead atoms. The highest BCUT2D eigenvalue weighted by molar-refractivity contribution is 6.04. The monoisotopic (exact) mass is 364 g/mol. The molecule has 0 atom stereocenters. The number of pyridine rings is 3. The van der Waals surface area contributed by atoms with Gasteiger partial charge in [0.1, 0.15) is 5.82 Å². The minimum absolute atomic E-state index is 0.268. The number of rotatable bonds is 3. The summed E-state index contributed by atoms with van der Waals surface area (Å²) in [7, 11) is 0. The van der Waals surface area contributed by atoms with E-state index in [-0.39, 0.29) is 5.91 Å². The second-order valence-corrected chi connectivity index (χ2v) is 6.09. The largest absolute Gasteiger partial charge is 0.306 e. The van der Waals surface area contributed by atoms with E-state index in [2.05, 4.69) is 32.1 Å². The van der Waals surface area contributed by atoms with Crippen LogP contribution in [0.2, 0.25) is 0 Å². The van der Waals surface area contributed by atoms with Crippen molar-refractivity contribution in [2.45, 2.75) is 6.92 Å². The maximum atomic E-state index is 12.5. The SMILES string of the molecule is CC#Cc1ccc(-c2ccc(C(=O)Nc3ccc4cccnc4n3)cn2)cc1. The van der Waals surface area contributed by atoms with Crippen LogP contribution in [0.1, 0.15) is 22.8 Å². The normalized spacial score (nSPS) is 10.2. The fraction of sp³-hybridized carbons (Fsp3) is 0.0435. The summed E-state index contributed by atoms with van der Waals surface area (Å²) in [6.07, 6.45) is 3.23. The number of nitrogens with one attached hydrogen (secondary N) is 1. The highest BCUT2D eigenvalue weighted by atomic mass is 16.1. The molecule has 0 radical (unpaired) electrons. The first kappa shape index (κ1) is 17.4. The van der Waals surface area contributed by atoms with Crippen molar-refractivity contribution in [3.8, 4) is 23.1 Å². The molecule has 0 unspecified atom stereocenters. The lowest BCUT2D eigenvalue weighted by molar-refractivity contribution is 0.102. The van der Waals surface area contributed by atoms with Gasteiger partial charge in [0, 0.05) is 28.9 Å². The first-order chi connectivity index (χ1) is 13.7. The topological polar surface area (TPSA) is 67.8 Å². The van der Waals surface area contributed by atoms with Gasteiger partial charge in [-0.15, -0.1) is 5.92 Å². The highest BCUT2D eigenvalue weighted by Crippen LogP contribution is 2.18. The van der Waals surface area contributed by atoms with E-state index in [0.29, 0.717) is 17.0 Å². The third kappa shape index (κ3) is 3.71. The van der Waals surface area contributed by atoms with Crippen LogP contribution in [-0.2, 0) is 0 Å². The maximum absolute atomic E-state index is 12.5. The van der Waals surface area contributed by atoms with Crippen molar-refractivity contribution in [3.63, 3.8) is 0 Å². The van der Waals surface area contributed by atoms with E-state index in [1.54, 1.807) is 24.5 Å². The third-order valence-corrected chi connectivity index (χ3v) is 4.18. The smallest absolute Gasteiger partial charge is 0.258 e. The fourth-order valence-corrected chi connectivity index (χ4v) is 2.78. The lowest BCUT2D eigenvalue weighted by Gasteiger charge is -2.06. The zero-order valence-electron chi connectivity index (χ0n) is 15.2. The average molecular weight is 364 g/mol. The second-order valence-electron chi connectivity index (χ2n) is 6.09. The Morgan fingerprint density at radius 1 is 0.964 bits per heavy atom. The van der Waals surface area contributed by atoms with E-state index in [4.69, 9.17) is 0 Å². The molecule has 1 N–H and O–H groups in total. The maximum Gasteiger partial charge on any atom is 0.258 e. The summed E-state index contributed by atoms with van der Waals surface area (Å²) in [5.41, 5.74) is 3.77. The molecule has 1 aromatic carbocycles. The molecule has 0 fully saturated rings. The molecule has 3 aromatic heterocycles. The summed E-state index contributed by atoms with van der Waals surface area (Å²) in [4.78, 5) is 25.5. The molecule has 3 heterocycles. The third-order valence-electron chi connectivity index (χ3n) is 4.18. The van der Waals surface area contributed by atoms with Gasteiger partial charge in [0.05, 0.1) is 11.3 Å². The van der Waals surface area contributed by atoms with E-state index in [1.165, 1.54) is 0 Å². The van der Waals surface area contributed by atoms with Gasteiger partial charge in [-0.05, 0) is 55.5 Å². The molecule has 5 nitrogen and oxygen atoms in total. The lowest BCUT2D eigenvalue weighted by Crippen LogP contribution is -2.13. The van der Waals surface area contributed by atoms with Crippen molar-refractivity contribution < 1.29 is 4.79 Å². The van der Waals surface area contributed by atoms with Crippen LogP contribution in [0.25, 0.3) is 22.3 Å². The van der Waals surface area contributed by atoms with Crippen LogP contribution in [-0.4, -0.2) is 20.9 Å². The Morgan fingerprint density at radius 2 is 1.82 bits per heavy atom. The number of benzene rings is 1. The number of fused-ring (bicyclic) bond motifs is 1. The van der Waals surface area contributed by atoms with Gasteiger partial charge in [0.25, 0.3) is 5.91 Å². The van der Waals surface area contributed by atoms with Gasteiger partial charge in [-0.2, -0.15) is 0 Å². The van der Waals surface area contributed by atoms with Crippen LogP contribution in [0, 0.1) is 11.8 Å². The van der Waals surface area contributed by atoms with Gasteiger partial charge >= 0.3 is 0 Å². The Labute approximate surface area is 162 Å². The summed E-state index contributed by atoms with van der Waals surface area (Å²) < 4.78 is 0. The molecule has 28 heavy (non-hydrogen) atoms. The molecule has 0 aliphatic carbocycles. The lowest BCUT2D eigenvalue weighted by atomic mass is 10.1. The summed E-state index contributed by atoms with van der Waals surface area (Å²) in [5.74, 6) is 6.07. The van der Waals surface area contributed by atoms with Crippen molar-refractivity contribution in [1.82, 2.24) is 15.0 Å². The van der Waals surface area contributed by atoms with E-state index in [0.717, 1.165) is 22.2 Å². The van der Waals surface area contributed by atoms with Gasteiger partial charge in [-0.25, -0.2) is 9.97 Å². The highest BCUT2D eigenvalue weighted by Gasteiger charge is 2.09. The number of hydrogen-bond acceptors (Lipinski definition) is 4. The Kier molecular flexibility index (Phi) is 4.77. The molecular weight excluding hydrogens is 348 g/mol. The fourth-order valence-electron chi connectivity index (χ4n) is 2.78. The molecule has 1 amide bonds. The first-order valence-corrected chi connectivity index (χ1v) is 8.75. The van der Waals surface area contributed by atoms with Gasteiger partial charge in [-0.3, -0.25) is 9.78 Å². The number of amides is 1. The van der Waals surface area contributed by atoms with Crippen LogP contribution in [0.5, 0.6) is 0 Å². The molecule has 0 spiro atoms. The summed E-state index contributed by atoms with van der Waals surface area (Å²) >= 11 is 0. The summed E-state index contributed by atoms with van der Waals surface area (Å²) in [6.45, 7) is 1.81. The zero-order chi connectivity index (χ0) is 19.3. The van der Waals surface area contributed by atoms with Gasteiger partial charge in [0.2, 0.25) is 0 Å². The number of carbonyl (C=O) groups is 1. The Balaban J connectivity index is 1.50. The van der Waals surface area contributed by atoms with Crippen LogP contribution in [0.3, 0.4) is 0 Å². The van der Waals surface area contributed by atoms with Crippen molar-refractivity contribution in [1.29, 1.82) is 0 Å². The second kappa shape index (κ2) is 7.68. The minimum atomic E-state index is -0.268. The van der Waals surface area contributed by atoms with Gasteiger partial charge in [0.15, 0.2) is 5.65 Å². The van der Waals surface area contributed by atoms with Crippen molar-refractivity contribution in [3.05, 3.63) is 84.2 Å². The van der Waals surface area contributed by atoms with E-state index in [1.807, 2.05) is 55.5 Å². The number of nitrogens with zero attached hydrogens (tertiary/aromatic N) is 3. The molecule has 0 aliphatic rings. The zero-order valence-corrected chi connectivity index (χ0v) is 15.2. The van der Waals surface area contributed by atoms with E-state index in [9.17, 15) is 4.79 Å². The number of carbonyl (C=O) groups excluding carboxylic acids is 1. The Morgan fingerprint density at radius 3 is 2.57 bits per heavy atom. The Bertz CT molecular complexity index is 1200.